The molecule has 2 nitrogen and oxygen atoms in total. The van der Waals surface area contributed by atoms with Gasteiger partial charge in [-0.1, -0.05) is 103 Å². The van der Waals surface area contributed by atoms with Crippen LogP contribution in [0.3, 0.4) is 0 Å². The van der Waals surface area contributed by atoms with Crippen LogP contribution in [0.5, 0.6) is 0 Å². The number of hydrogen-bond acceptors (Lipinski definition) is 2. The summed E-state index contributed by atoms with van der Waals surface area (Å²) in [7, 11) is 0. The molecule has 0 atom stereocenters. The maximum Gasteiger partial charge on any atom is 0.0424 e. The van der Waals surface area contributed by atoms with Crippen molar-refractivity contribution in [3.8, 4) is 33.4 Å². The van der Waals surface area contributed by atoms with Gasteiger partial charge in [0.25, 0.3) is 0 Å². The first kappa shape index (κ1) is 22.9. The van der Waals surface area contributed by atoms with Crippen LogP contribution in [0.25, 0.3) is 71.3 Å². The van der Waals surface area contributed by atoms with Gasteiger partial charge in [0.05, 0.1) is 0 Å². The van der Waals surface area contributed by atoms with Crippen molar-refractivity contribution in [2.24, 2.45) is 4.99 Å². The van der Waals surface area contributed by atoms with E-state index in [0.29, 0.717) is 0 Å². The minimum atomic E-state index is 0.883. The Bertz CT molecular complexity index is 2070. The molecule has 188 valence electrons. The van der Waals surface area contributed by atoms with Crippen LogP contribution in [-0.4, -0.2) is 17.7 Å². The number of nitrogens with zero attached hydrogens (tertiary/aromatic N) is 2. The Morgan fingerprint density at radius 3 is 1.52 bits per heavy atom. The minimum Gasteiger partial charge on any atom is -0.292 e. The van der Waals surface area contributed by atoms with E-state index in [0.717, 1.165) is 13.0 Å². The van der Waals surface area contributed by atoms with Gasteiger partial charge in [0.15, 0.2) is 0 Å². The summed E-state index contributed by atoms with van der Waals surface area (Å²) < 4.78 is 0. The highest BCUT2D eigenvalue weighted by Gasteiger charge is 2.15. The molecule has 7 aromatic rings. The molecule has 1 aromatic heterocycles. The number of aromatic nitrogens is 1. The molecule has 1 aliphatic heterocycles. The molecular weight excluding hydrogens is 484 g/mol. The average Bonchev–Trinajstić information content (AvgIpc) is 3.04. The van der Waals surface area contributed by atoms with Crippen molar-refractivity contribution in [2.75, 3.05) is 6.54 Å². The van der Waals surface area contributed by atoms with E-state index in [2.05, 4.69) is 113 Å². The summed E-state index contributed by atoms with van der Waals surface area (Å²) in [5.41, 5.74) is 9.82. The number of benzene rings is 6. The van der Waals surface area contributed by atoms with Crippen LogP contribution in [-0.2, 0) is 0 Å². The first-order valence-corrected chi connectivity index (χ1v) is 13.9. The van der Waals surface area contributed by atoms with Gasteiger partial charge in [-0.15, -0.1) is 0 Å². The molecule has 0 N–H and O–H groups in total. The van der Waals surface area contributed by atoms with Crippen molar-refractivity contribution in [1.82, 2.24) is 4.98 Å². The highest BCUT2D eigenvalue weighted by atomic mass is 14.7. The van der Waals surface area contributed by atoms with Crippen LogP contribution in [0.15, 0.2) is 133 Å². The summed E-state index contributed by atoms with van der Waals surface area (Å²) in [6.07, 6.45) is 9.03. The highest BCUT2D eigenvalue weighted by Crippen LogP contribution is 2.41. The van der Waals surface area contributed by atoms with Gasteiger partial charge in [0.1, 0.15) is 0 Å². The molecule has 0 unspecified atom stereocenters. The molecule has 0 amide bonds. The van der Waals surface area contributed by atoms with Gasteiger partial charge in [-0.25, -0.2) is 0 Å². The molecule has 0 aliphatic carbocycles. The fraction of sp³-hybridized carbons (Fsp3) is 0.0526. The van der Waals surface area contributed by atoms with E-state index in [4.69, 9.17) is 0 Å². The van der Waals surface area contributed by atoms with Crippen molar-refractivity contribution in [3.05, 3.63) is 133 Å². The van der Waals surface area contributed by atoms with Crippen LogP contribution in [0.4, 0.5) is 0 Å². The van der Waals surface area contributed by atoms with Crippen molar-refractivity contribution >= 4 is 44.1 Å². The quantitative estimate of drug-likeness (QED) is 0.216. The number of dihydropyridines is 1. The highest BCUT2D eigenvalue weighted by molar-refractivity contribution is 6.28. The summed E-state index contributed by atoms with van der Waals surface area (Å²) in [4.78, 5) is 8.68. The number of allylic oxidation sites excluding steroid dienone is 1. The third-order valence-corrected chi connectivity index (χ3v) is 8.26. The van der Waals surface area contributed by atoms with Gasteiger partial charge in [0, 0.05) is 25.2 Å². The Kier molecular flexibility index (Phi) is 5.31. The predicted octanol–water partition coefficient (Wildman–Crippen LogP) is 9.84. The number of rotatable bonds is 4. The Balaban J connectivity index is 1.21. The zero-order chi connectivity index (χ0) is 26.5. The molecule has 0 bridgehead atoms. The van der Waals surface area contributed by atoms with Crippen molar-refractivity contribution in [1.29, 1.82) is 0 Å². The van der Waals surface area contributed by atoms with Gasteiger partial charge in [-0.3, -0.25) is 9.98 Å². The lowest BCUT2D eigenvalue weighted by Crippen LogP contribution is -1.96. The van der Waals surface area contributed by atoms with Crippen LogP contribution in [0, 0.1) is 0 Å². The standard InChI is InChI=1S/C38H26N2/c1-2-32(24-40-21-1)34-16-12-31-13-17-35-33(15-11-30-14-18-36(34)38(31)37(30)35)29-9-7-26(8-10-29)25-3-5-27(6-4-25)28-19-22-39-23-20-28/h2-20,22-24H,1,21H2. The maximum absolute atomic E-state index is 4.55. The summed E-state index contributed by atoms with van der Waals surface area (Å²) in [6.45, 7) is 0.883. The second-order valence-electron chi connectivity index (χ2n) is 10.5. The summed E-state index contributed by atoms with van der Waals surface area (Å²) in [5, 5.41) is 7.86. The fourth-order valence-corrected chi connectivity index (χ4v) is 6.24. The lowest BCUT2D eigenvalue weighted by atomic mass is 9.87. The predicted molar refractivity (Wildman–Crippen MR) is 170 cm³/mol. The second kappa shape index (κ2) is 9.29. The molecule has 8 rings (SSSR count). The average molecular weight is 511 g/mol. The number of hydrogen-bond donors (Lipinski definition) is 0. The molecule has 0 spiro atoms. The van der Waals surface area contributed by atoms with E-state index in [-0.39, 0.29) is 0 Å². The topological polar surface area (TPSA) is 25.2 Å². The largest absolute Gasteiger partial charge is 0.292 e. The fourth-order valence-electron chi connectivity index (χ4n) is 6.24. The van der Waals surface area contributed by atoms with Crippen LogP contribution in [0.1, 0.15) is 12.0 Å². The van der Waals surface area contributed by atoms with E-state index < -0.39 is 0 Å². The molecule has 0 radical (unpaired) electrons. The van der Waals surface area contributed by atoms with Gasteiger partial charge < -0.3 is 0 Å². The molecular formula is C38H26N2. The zero-order valence-electron chi connectivity index (χ0n) is 22.0. The van der Waals surface area contributed by atoms with E-state index in [1.165, 1.54) is 76.8 Å². The summed E-state index contributed by atoms with van der Waals surface area (Å²) in [6, 6.07) is 40.1. The van der Waals surface area contributed by atoms with Gasteiger partial charge >= 0.3 is 0 Å². The third kappa shape index (κ3) is 3.72. The van der Waals surface area contributed by atoms with E-state index >= 15 is 0 Å². The molecule has 2 heteroatoms. The molecule has 0 saturated heterocycles. The zero-order valence-corrected chi connectivity index (χ0v) is 22.0. The van der Waals surface area contributed by atoms with Crippen LogP contribution < -0.4 is 0 Å². The van der Waals surface area contributed by atoms with Crippen molar-refractivity contribution < 1.29 is 0 Å². The molecule has 2 heterocycles. The van der Waals surface area contributed by atoms with E-state index in [9.17, 15) is 0 Å². The third-order valence-electron chi connectivity index (χ3n) is 8.26. The first-order valence-electron chi connectivity index (χ1n) is 13.9. The first-order chi connectivity index (χ1) is 19.8. The molecule has 0 saturated carbocycles. The van der Waals surface area contributed by atoms with Gasteiger partial charge in [-0.05, 0) is 95.4 Å². The monoisotopic (exact) mass is 510 g/mol. The van der Waals surface area contributed by atoms with Crippen LogP contribution in [0.2, 0.25) is 0 Å². The number of pyridine rings is 1. The SMILES string of the molecule is C1=NCCC=C1c1ccc2ccc3c(-c4ccc(-c5ccc(-c6ccncc6)cc5)cc4)ccc4ccc1c2c43. The molecule has 6 aromatic carbocycles. The molecule has 1 aliphatic rings. The maximum atomic E-state index is 4.55. The van der Waals surface area contributed by atoms with Gasteiger partial charge in [0.2, 0.25) is 0 Å². The Hall–Kier alpha value is -5.08. The van der Waals surface area contributed by atoms with Crippen molar-refractivity contribution in [2.45, 2.75) is 6.42 Å². The molecule has 40 heavy (non-hydrogen) atoms. The Labute approximate surface area is 233 Å². The smallest absolute Gasteiger partial charge is 0.0424 e. The Morgan fingerprint density at radius 2 is 0.950 bits per heavy atom. The normalized spacial score (nSPS) is 13.3. The summed E-state index contributed by atoms with van der Waals surface area (Å²) in [5.74, 6) is 0. The number of aliphatic imine (C=N–C) groups is 1. The second-order valence-corrected chi connectivity index (χ2v) is 10.5. The van der Waals surface area contributed by atoms with Crippen molar-refractivity contribution in [3.63, 3.8) is 0 Å². The van der Waals surface area contributed by atoms with E-state index in [1.807, 2.05) is 30.7 Å². The van der Waals surface area contributed by atoms with Crippen LogP contribution >= 0.6 is 0 Å². The lowest BCUT2D eigenvalue weighted by Gasteiger charge is -2.17. The lowest BCUT2D eigenvalue weighted by molar-refractivity contribution is 1.01. The molecule has 0 fully saturated rings. The Morgan fingerprint density at radius 1 is 0.450 bits per heavy atom. The van der Waals surface area contributed by atoms with Gasteiger partial charge in [-0.2, -0.15) is 0 Å². The minimum absolute atomic E-state index is 0.883. The van der Waals surface area contributed by atoms with E-state index in [1.54, 1.807) is 0 Å². The summed E-state index contributed by atoms with van der Waals surface area (Å²) >= 11 is 0.